The van der Waals surface area contributed by atoms with Crippen molar-refractivity contribution < 1.29 is 17.7 Å². The summed E-state index contributed by atoms with van der Waals surface area (Å²) < 4.78 is 22.5. The van der Waals surface area contributed by atoms with Crippen molar-refractivity contribution in [3.8, 4) is 0 Å². The molecule has 0 amide bonds. The predicted octanol–water partition coefficient (Wildman–Crippen LogP) is 5.82. The van der Waals surface area contributed by atoms with Gasteiger partial charge in [-0.2, -0.15) is 0 Å². The quantitative estimate of drug-likeness (QED) is 0.353. The SMILES string of the molecule is c1cc2c(o1)c1cocc1c1c3ccoc3c3occc3c21. The highest BCUT2D eigenvalue weighted by molar-refractivity contribution is 6.37. The molecule has 2 aromatic carbocycles. The van der Waals surface area contributed by atoms with E-state index in [2.05, 4.69) is 0 Å². The highest BCUT2D eigenvalue weighted by atomic mass is 16.4. The van der Waals surface area contributed by atoms with E-state index in [9.17, 15) is 0 Å². The van der Waals surface area contributed by atoms with Crippen molar-refractivity contribution in [2.45, 2.75) is 0 Å². The first-order valence-electron chi connectivity index (χ1n) is 6.98. The maximum Gasteiger partial charge on any atom is 0.177 e. The van der Waals surface area contributed by atoms with Gasteiger partial charge in [-0.05, 0) is 18.2 Å². The molecule has 0 atom stereocenters. The topological polar surface area (TPSA) is 52.6 Å². The summed E-state index contributed by atoms with van der Waals surface area (Å²) >= 11 is 0. The zero-order chi connectivity index (χ0) is 14.3. The Bertz CT molecular complexity index is 1120. The molecule has 0 fully saturated rings. The number of benzene rings is 2. The molecule has 4 aromatic heterocycles. The van der Waals surface area contributed by atoms with Crippen LogP contribution < -0.4 is 0 Å². The first-order valence-corrected chi connectivity index (χ1v) is 6.98. The molecule has 22 heavy (non-hydrogen) atoms. The lowest BCUT2D eigenvalue weighted by atomic mass is 9.96. The monoisotopic (exact) mass is 288 g/mol. The van der Waals surface area contributed by atoms with Crippen LogP contribution in [0.2, 0.25) is 0 Å². The summed E-state index contributed by atoms with van der Waals surface area (Å²) in [7, 11) is 0. The van der Waals surface area contributed by atoms with Crippen LogP contribution in [-0.4, -0.2) is 0 Å². The normalized spacial score (nSPS) is 12.5. The van der Waals surface area contributed by atoms with Crippen LogP contribution in [0.15, 0.2) is 67.2 Å². The van der Waals surface area contributed by atoms with Gasteiger partial charge in [-0.3, -0.25) is 0 Å². The summed E-state index contributed by atoms with van der Waals surface area (Å²) in [4.78, 5) is 0. The maximum absolute atomic E-state index is 5.70. The van der Waals surface area contributed by atoms with Gasteiger partial charge >= 0.3 is 0 Å². The van der Waals surface area contributed by atoms with E-state index in [1.54, 1.807) is 31.3 Å². The minimum absolute atomic E-state index is 0.762. The second kappa shape index (κ2) is 3.36. The number of hydrogen-bond donors (Lipinski definition) is 0. The molecule has 6 rings (SSSR count). The average molecular weight is 288 g/mol. The molecule has 6 aromatic rings. The Morgan fingerprint density at radius 3 is 1.68 bits per heavy atom. The lowest BCUT2D eigenvalue weighted by Crippen LogP contribution is -1.80. The molecular formula is C18H8O4. The Kier molecular flexibility index (Phi) is 1.61. The zero-order valence-corrected chi connectivity index (χ0v) is 11.3. The fourth-order valence-corrected chi connectivity index (χ4v) is 3.57. The predicted molar refractivity (Wildman–Crippen MR) is 83.0 cm³/mol. The average Bonchev–Trinajstić information content (AvgIpc) is 3.28. The maximum atomic E-state index is 5.70. The van der Waals surface area contributed by atoms with Crippen LogP contribution >= 0.6 is 0 Å². The van der Waals surface area contributed by atoms with Crippen LogP contribution in [-0.2, 0) is 0 Å². The molecule has 4 heteroatoms. The molecule has 4 heterocycles. The fourth-order valence-electron chi connectivity index (χ4n) is 3.57. The van der Waals surface area contributed by atoms with Gasteiger partial charge < -0.3 is 17.7 Å². The fraction of sp³-hybridized carbons (Fsp3) is 0. The van der Waals surface area contributed by atoms with E-state index in [1.165, 1.54) is 0 Å². The smallest absolute Gasteiger partial charge is 0.177 e. The van der Waals surface area contributed by atoms with Gasteiger partial charge in [0.05, 0.1) is 30.4 Å². The van der Waals surface area contributed by atoms with E-state index < -0.39 is 0 Å². The van der Waals surface area contributed by atoms with Gasteiger partial charge in [-0.15, -0.1) is 0 Å². The number of hydrogen-bond acceptors (Lipinski definition) is 4. The highest BCUT2D eigenvalue weighted by Gasteiger charge is 2.20. The molecule has 0 aliphatic rings. The third kappa shape index (κ3) is 1.01. The van der Waals surface area contributed by atoms with E-state index in [0.29, 0.717) is 0 Å². The second-order valence-electron chi connectivity index (χ2n) is 5.44. The van der Waals surface area contributed by atoms with Crippen LogP contribution in [0.25, 0.3) is 54.5 Å². The summed E-state index contributed by atoms with van der Waals surface area (Å²) in [5.74, 6) is 0. The standard InChI is InChI=1S/C18H8O4/c1-4-20-16-9(1)14-10-2-5-21-17(10)18-11(3-6-22-18)15(14)12-7-19-8-13(12)16/h1-8H. The van der Waals surface area contributed by atoms with Gasteiger partial charge in [-0.25, -0.2) is 0 Å². The van der Waals surface area contributed by atoms with Crippen molar-refractivity contribution in [2.75, 3.05) is 0 Å². The lowest BCUT2D eigenvalue weighted by Gasteiger charge is -2.05. The van der Waals surface area contributed by atoms with E-state index in [0.717, 1.165) is 54.5 Å². The van der Waals surface area contributed by atoms with Crippen molar-refractivity contribution in [1.29, 1.82) is 0 Å². The highest BCUT2D eigenvalue weighted by Crippen LogP contribution is 2.44. The molecule has 0 N–H and O–H groups in total. The van der Waals surface area contributed by atoms with Crippen molar-refractivity contribution in [3.63, 3.8) is 0 Å². The van der Waals surface area contributed by atoms with Gasteiger partial charge in [0.15, 0.2) is 11.2 Å². The second-order valence-corrected chi connectivity index (χ2v) is 5.44. The molecule has 104 valence electrons. The molecule has 0 saturated heterocycles. The summed E-state index contributed by atoms with van der Waals surface area (Å²) in [6.07, 6.45) is 8.58. The molecule has 0 bridgehead atoms. The third-order valence-electron chi connectivity index (χ3n) is 4.44. The van der Waals surface area contributed by atoms with E-state index in [-0.39, 0.29) is 0 Å². The molecule has 0 radical (unpaired) electrons. The van der Waals surface area contributed by atoms with E-state index in [1.807, 2.05) is 18.2 Å². The molecular weight excluding hydrogens is 280 g/mol. The summed E-state index contributed by atoms with van der Waals surface area (Å²) in [6, 6.07) is 5.93. The first kappa shape index (κ1) is 10.6. The molecule has 0 saturated carbocycles. The molecule has 4 nitrogen and oxygen atoms in total. The Labute approximate surface area is 122 Å². The Hall–Kier alpha value is -3.14. The third-order valence-corrected chi connectivity index (χ3v) is 4.44. The van der Waals surface area contributed by atoms with Crippen molar-refractivity contribution in [3.05, 3.63) is 49.5 Å². The van der Waals surface area contributed by atoms with E-state index in [4.69, 9.17) is 17.7 Å². The van der Waals surface area contributed by atoms with Gasteiger partial charge in [0.25, 0.3) is 0 Å². The first-order chi connectivity index (χ1) is 10.9. The van der Waals surface area contributed by atoms with E-state index >= 15 is 0 Å². The van der Waals surface area contributed by atoms with Crippen molar-refractivity contribution in [1.82, 2.24) is 0 Å². The van der Waals surface area contributed by atoms with Crippen molar-refractivity contribution >= 4 is 54.5 Å². The largest absolute Gasteiger partial charge is 0.471 e. The van der Waals surface area contributed by atoms with Gasteiger partial charge in [0, 0.05) is 32.3 Å². The minimum Gasteiger partial charge on any atom is -0.471 e. The van der Waals surface area contributed by atoms with Crippen LogP contribution in [0.5, 0.6) is 0 Å². The molecule has 0 aliphatic heterocycles. The summed E-state index contributed by atoms with van der Waals surface area (Å²) in [5, 5.41) is 7.30. The van der Waals surface area contributed by atoms with Crippen LogP contribution in [0.1, 0.15) is 0 Å². The lowest BCUT2D eigenvalue weighted by molar-refractivity contribution is 0.571. The van der Waals surface area contributed by atoms with Crippen LogP contribution in [0.4, 0.5) is 0 Å². The number of fused-ring (bicyclic) bond motifs is 11. The summed E-state index contributed by atoms with van der Waals surface area (Å²) in [5.41, 5.74) is 2.36. The Morgan fingerprint density at radius 1 is 0.500 bits per heavy atom. The van der Waals surface area contributed by atoms with Gasteiger partial charge in [0.2, 0.25) is 0 Å². The number of furan rings is 4. The van der Waals surface area contributed by atoms with Gasteiger partial charge in [0.1, 0.15) is 11.8 Å². The Balaban J connectivity index is 2.19. The number of rotatable bonds is 0. The molecule has 0 spiro atoms. The van der Waals surface area contributed by atoms with Crippen LogP contribution in [0, 0.1) is 0 Å². The van der Waals surface area contributed by atoms with Gasteiger partial charge in [-0.1, -0.05) is 0 Å². The Morgan fingerprint density at radius 2 is 1.00 bits per heavy atom. The zero-order valence-electron chi connectivity index (χ0n) is 11.3. The summed E-state index contributed by atoms with van der Waals surface area (Å²) in [6.45, 7) is 0. The molecule has 0 unspecified atom stereocenters. The minimum atomic E-state index is 0.762. The van der Waals surface area contributed by atoms with Crippen molar-refractivity contribution in [2.24, 2.45) is 0 Å². The van der Waals surface area contributed by atoms with Crippen LogP contribution in [0.3, 0.4) is 0 Å². The molecule has 0 aliphatic carbocycles.